The molecule has 1 aliphatic carbocycles. The van der Waals surface area contributed by atoms with E-state index in [1.165, 1.54) is 0 Å². The zero-order valence-corrected chi connectivity index (χ0v) is 18.9. The molecular formula is C24H35N3O4. The molecule has 7 heteroatoms. The number of benzene rings is 1. The summed E-state index contributed by atoms with van der Waals surface area (Å²) < 4.78 is 5.43. The van der Waals surface area contributed by atoms with Crippen LogP contribution in [0.3, 0.4) is 0 Å². The maximum atomic E-state index is 12.7. The van der Waals surface area contributed by atoms with E-state index in [2.05, 4.69) is 10.6 Å². The summed E-state index contributed by atoms with van der Waals surface area (Å²) in [5.41, 5.74) is 0.507. The van der Waals surface area contributed by atoms with Crippen LogP contribution in [0.1, 0.15) is 58.4 Å². The number of hydrogen-bond donors (Lipinski definition) is 2. The molecule has 2 fully saturated rings. The van der Waals surface area contributed by atoms with Gasteiger partial charge in [-0.05, 0) is 57.9 Å². The van der Waals surface area contributed by atoms with Gasteiger partial charge in [0.05, 0.1) is 0 Å². The van der Waals surface area contributed by atoms with Crippen molar-refractivity contribution in [2.75, 3.05) is 13.1 Å². The minimum atomic E-state index is -0.572. The summed E-state index contributed by atoms with van der Waals surface area (Å²) in [6, 6.07) is 9.42. The second-order valence-electron chi connectivity index (χ2n) is 9.71. The fourth-order valence-corrected chi connectivity index (χ4v) is 3.75. The zero-order valence-electron chi connectivity index (χ0n) is 18.9. The highest BCUT2D eigenvalue weighted by Gasteiger charge is 2.31. The Morgan fingerprint density at radius 2 is 1.71 bits per heavy atom. The highest BCUT2D eigenvalue weighted by atomic mass is 16.6. The average molecular weight is 430 g/mol. The normalized spacial score (nSPS) is 18.2. The van der Waals surface area contributed by atoms with E-state index in [1.807, 2.05) is 51.1 Å². The van der Waals surface area contributed by atoms with Crippen molar-refractivity contribution in [3.8, 4) is 0 Å². The summed E-state index contributed by atoms with van der Waals surface area (Å²) in [4.78, 5) is 39.3. The number of nitrogens with one attached hydrogen (secondary N) is 2. The highest BCUT2D eigenvalue weighted by molar-refractivity contribution is 5.88. The molecule has 31 heavy (non-hydrogen) atoms. The maximum Gasteiger partial charge on any atom is 0.410 e. The summed E-state index contributed by atoms with van der Waals surface area (Å²) in [6.07, 6.45) is 4.07. The van der Waals surface area contributed by atoms with E-state index in [-0.39, 0.29) is 29.9 Å². The van der Waals surface area contributed by atoms with Gasteiger partial charge in [0.15, 0.2) is 0 Å². The first kappa shape index (κ1) is 23.1. The van der Waals surface area contributed by atoms with Crippen LogP contribution in [-0.4, -0.2) is 53.6 Å². The van der Waals surface area contributed by atoms with E-state index < -0.39 is 11.6 Å². The zero-order chi connectivity index (χ0) is 22.4. The summed E-state index contributed by atoms with van der Waals surface area (Å²) in [5, 5.41) is 5.96. The van der Waals surface area contributed by atoms with Crippen molar-refractivity contribution in [1.82, 2.24) is 15.5 Å². The molecule has 1 aromatic rings. The van der Waals surface area contributed by atoms with Crippen LogP contribution < -0.4 is 10.6 Å². The van der Waals surface area contributed by atoms with Crippen LogP contribution in [-0.2, 0) is 20.7 Å². The number of carbonyl (C=O) groups is 3. The Labute approximate surface area is 184 Å². The molecule has 1 saturated heterocycles. The van der Waals surface area contributed by atoms with Crippen LogP contribution in [0.2, 0.25) is 0 Å². The number of piperidine rings is 1. The molecule has 1 saturated carbocycles. The second-order valence-corrected chi connectivity index (χ2v) is 9.71. The predicted octanol–water partition coefficient (Wildman–Crippen LogP) is 3.03. The van der Waals surface area contributed by atoms with Gasteiger partial charge in [-0.25, -0.2) is 4.79 Å². The van der Waals surface area contributed by atoms with Crippen molar-refractivity contribution in [3.63, 3.8) is 0 Å². The van der Waals surface area contributed by atoms with Crippen molar-refractivity contribution >= 4 is 17.9 Å². The smallest absolute Gasteiger partial charge is 0.410 e. The molecule has 0 aromatic heterocycles. The summed E-state index contributed by atoms with van der Waals surface area (Å²) in [7, 11) is 0. The number of likely N-dealkylation sites (tertiary alicyclic amines) is 1. The molecule has 1 heterocycles. The van der Waals surface area contributed by atoms with Crippen molar-refractivity contribution in [1.29, 1.82) is 0 Å². The lowest BCUT2D eigenvalue weighted by molar-refractivity contribution is -0.129. The van der Waals surface area contributed by atoms with Crippen molar-refractivity contribution in [2.45, 2.75) is 77.0 Å². The molecule has 2 aliphatic rings. The van der Waals surface area contributed by atoms with E-state index in [1.54, 1.807) is 4.90 Å². The molecule has 3 rings (SSSR count). The van der Waals surface area contributed by atoms with Crippen molar-refractivity contribution < 1.29 is 19.1 Å². The Balaban J connectivity index is 1.49. The van der Waals surface area contributed by atoms with Crippen molar-refractivity contribution in [3.05, 3.63) is 35.9 Å². The Morgan fingerprint density at radius 1 is 1.06 bits per heavy atom. The Kier molecular flexibility index (Phi) is 7.57. The SMILES string of the molecule is CC(C)(C)OC(=O)N1CCC(CC(=O)NC(Cc2ccccc2)C(=O)NC2CC2)CC1. The number of hydrogen-bond acceptors (Lipinski definition) is 4. The monoisotopic (exact) mass is 429 g/mol. The average Bonchev–Trinajstić information content (AvgIpc) is 3.51. The van der Waals surface area contributed by atoms with Gasteiger partial charge in [0.1, 0.15) is 11.6 Å². The van der Waals surface area contributed by atoms with Gasteiger partial charge in [0.25, 0.3) is 0 Å². The van der Waals surface area contributed by atoms with Crippen LogP contribution in [0, 0.1) is 5.92 Å². The molecule has 1 atom stereocenters. The van der Waals surface area contributed by atoms with E-state index in [9.17, 15) is 14.4 Å². The topological polar surface area (TPSA) is 87.7 Å². The fraction of sp³-hybridized carbons (Fsp3) is 0.625. The van der Waals surface area contributed by atoms with Crippen molar-refractivity contribution in [2.24, 2.45) is 5.92 Å². The third-order valence-corrected chi connectivity index (χ3v) is 5.60. The molecule has 1 unspecified atom stereocenters. The lowest BCUT2D eigenvalue weighted by atomic mass is 9.93. The molecule has 0 radical (unpaired) electrons. The minimum absolute atomic E-state index is 0.109. The number of ether oxygens (including phenoxy) is 1. The Bertz CT molecular complexity index is 763. The number of nitrogens with zero attached hydrogens (tertiary/aromatic N) is 1. The van der Waals surface area contributed by atoms with Gasteiger partial charge >= 0.3 is 6.09 Å². The minimum Gasteiger partial charge on any atom is -0.444 e. The first-order valence-electron chi connectivity index (χ1n) is 11.3. The third kappa shape index (κ3) is 7.89. The molecule has 0 bridgehead atoms. The summed E-state index contributed by atoms with van der Waals surface area (Å²) in [6.45, 7) is 6.73. The molecule has 3 amide bonds. The third-order valence-electron chi connectivity index (χ3n) is 5.60. The van der Waals surface area contributed by atoms with Gasteiger partial charge in [-0.1, -0.05) is 30.3 Å². The summed E-state index contributed by atoms with van der Waals surface area (Å²) in [5.74, 6) is -0.0235. The van der Waals surface area contributed by atoms with E-state index >= 15 is 0 Å². The largest absolute Gasteiger partial charge is 0.444 e. The first-order chi connectivity index (χ1) is 14.7. The lowest BCUT2D eigenvalue weighted by Gasteiger charge is -2.33. The molecule has 0 spiro atoms. The fourth-order valence-electron chi connectivity index (χ4n) is 3.75. The number of carbonyl (C=O) groups excluding carboxylic acids is 3. The molecule has 1 aromatic carbocycles. The number of amides is 3. The van der Waals surface area contributed by atoms with Gasteiger partial charge < -0.3 is 20.3 Å². The second kappa shape index (κ2) is 10.2. The van der Waals surface area contributed by atoms with Gasteiger partial charge in [-0.2, -0.15) is 0 Å². The molecule has 170 valence electrons. The van der Waals surface area contributed by atoms with Crippen LogP contribution in [0.15, 0.2) is 30.3 Å². The van der Waals surface area contributed by atoms with Gasteiger partial charge in [-0.15, -0.1) is 0 Å². The quantitative estimate of drug-likeness (QED) is 0.697. The van der Waals surface area contributed by atoms with Gasteiger partial charge in [0.2, 0.25) is 11.8 Å². The van der Waals surface area contributed by atoms with Crippen LogP contribution in [0.4, 0.5) is 4.79 Å². The van der Waals surface area contributed by atoms with Crippen LogP contribution in [0.5, 0.6) is 0 Å². The van der Waals surface area contributed by atoms with Crippen LogP contribution >= 0.6 is 0 Å². The molecule has 1 aliphatic heterocycles. The van der Waals surface area contributed by atoms with Gasteiger partial charge in [-0.3, -0.25) is 9.59 Å². The number of rotatable bonds is 7. The molecule has 7 nitrogen and oxygen atoms in total. The summed E-state index contributed by atoms with van der Waals surface area (Å²) >= 11 is 0. The predicted molar refractivity (Wildman–Crippen MR) is 118 cm³/mol. The maximum absolute atomic E-state index is 12.7. The standard InChI is InChI=1S/C24H35N3O4/c1-24(2,3)31-23(30)27-13-11-18(12-14-27)16-21(28)26-20(22(29)25-19-9-10-19)15-17-7-5-4-6-8-17/h4-8,18-20H,9-16H2,1-3H3,(H,25,29)(H,26,28). The lowest BCUT2D eigenvalue weighted by Crippen LogP contribution is -2.49. The van der Waals surface area contributed by atoms with E-state index in [0.717, 1.165) is 31.2 Å². The van der Waals surface area contributed by atoms with Gasteiger partial charge in [0, 0.05) is 32.0 Å². The van der Waals surface area contributed by atoms with E-state index in [0.29, 0.717) is 25.9 Å². The molecular weight excluding hydrogens is 394 g/mol. The van der Waals surface area contributed by atoms with Crippen LogP contribution in [0.25, 0.3) is 0 Å². The Hall–Kier alpha value is -2.57. The Morgan fingerprint density at radius 3 is 2.29 bits per heavy atom. The first-order valence-corrected chi connectivity index (χ1v) is 11.3. The highest BCUT2D eigenvalue weighted by Crippen LogP contribution is 2.23. The van der Waals surface area contributed by atoms with E-state index in [4.69, 9.17) is 4.74 Å². The molecule has 2 N–H and O–H groups in total.